The Bertz CT molecular complexity index is 1740. The van der Waals surface area contributed by atoms with E-state index < -0.39 is 46.6 Å². The number of hydrogen-bond acceptors (Lipinski definition) is 8. The molecule has 4 aliphatic heterocycles. The molecular weight excluding hydrogens is 619 g/mol. The molecule has 0 spiro atoms. The van der Waals surface area contributed by atoms with Gasteiger partial charge < -0.3 is 20.1 Å². The van der Waals surface area contributed by atoms with Crippen LogP contribution in [-0.4, -0.2) is 69.9 Å². The van der Waals surface area contributed by atoms with Crippen LogP contribution in [0.4, 0.5) is 33.6 Å². The fourth-order valence-corrected chi connectivity index (χ4v) is 8.98. The standard InChI is InChI=1S/C31H32ClF5N6O2/c1-13-7-18(38)39-24(21(13)31(35,36)37)19-22(32)27-20-25(23(19)34)40-29(44-12-30-5-6-42(30)11-17(33)9-30)41-28(20)43-10-15-3-4-16(8-15)26(43)14(2)45-27/h7,14-17,26H,3-6,8-12H2,1-2H3,(H2,38,39)/t14-,15-,16+,17+,26+,30?/m0/s1. The summed E-state index contributed by atoms with van der Waals surface area (Å²) in [7, 11) is 0. The molecule has 0 radical (unpaired) electrons. The van der Waals surface area contributed by atoms with Gasteiger partial charge >= 0.3 is 12.2 Å². The van der Waals surface area contributed by atoms with Gasteiger partial charge in [-0.05, 0) is 63.0 Å². The molecule has 4 fully saturated rings. The Morgan fingerprint density at radius 2 is 2.00 bits per heavy atom. The number of piperidine rings is 1. The number of rotatable bonds is 4. The Morgan fingerprint density at radius 1 is 1.20 bits per heavy atom. The van der Waals surface area contributed by atoms with Crippen molar-refractivity contribution in [2.75, 3.05) is 36.9 Å². The fraction of sp³-hybridized carbons (Fsp3) is 0.581. The van der Waals surface area contributed by atoms with Crippen LogP contribution in [0, 0.1) is 24.6 Å². The third-order valence-electron chi connectivity index (χ3n) is 10.6. The molecule has 3 saturated heterocycles. The van der Waals surface area contributed by atoms with Gasteiger partial charge in [-0.1, -0.05) is 11.6 Å². The van der Waals surface area contributed by atoms with Crippen LogP contribution in [0.3, 0.4) is 0 Å². The van der Waals surface area contributed by atoms with E-state index >= 15 is 4.39 Å². The van der Waals surface area contributed by atoms with Crippen molar-refractivity contribution in [3.05, 3.63) is 28.0 Å². The largest absolute Gasteiger partial charge is 0.486 e. The molecule has 6 heterocycles. The third kappa shape index (κ3) is 4.35. The summed E-state index contributed by atoms with van der Waals surface area (Å²) < 4.78 is 87.1. The van der Waals surface area contributed by atoms with Gasteiger partial charge in [-0.25, -0.2) is 13.8 Å². The molecule has 1 unspecified atom stereocenters. The van der Waals surface area contributed by atoms with Gasteiger partial charge in [0.05, 0.1) is 38.8 Å². The maximum absolute atomic E-state index is 16.9. The number of nitrogens with zero attached hydrogens (tertiary/aromatic N) is 5. The average molecular weight is 651 g/mol. The Balaban J connectivity index is 1.36. The van der Waals surface area contributed by atoms with Crippen LogP contribution in [0.25, 0.3) is 22.2 Å². The van der Waals surface area contributed by atoms with E-state index in [1.807, 2.05) is 11.8 Å². The molecule has 1 aliphatic carbocycles. The van der Waals surface area contributed by atoms with Gasteiger partial charge in [0.25, 0.3) is 0 Å². The van der Waals surface area contributed by atoms with Crippen LogP contribution >= 0.6 is 11.6 Å². The van der Waals surface area contributed by atoms with Crippen molar-refractivity contribution < 1.29 is 31.4 Å². The smallest absolute Gasteiger partial charge is 0.418 e. The summed E-state index contributed by atoms with van der Waals surface area (Å²) in [6.45, 7) is 4.96. The summed E-state index contributed by atoms with van der Waals surface area (Å²) in [6, 6.07) is 0.810. The lowest BCUT2D eigenvalue weighted by Crippen LogP contribution is -2.59. The highest BCUT2D eigenvalue weighted by atomic mass is 35.5. The number of benzene rings is 1. The van der Waals surface area contributed by atoms with Gasteiger partial charge in [0.1, 0.15) is 36.0 Å². The van der Waals surface area contributed by atoms with E-state index in [-0.39, 0.29) is 57.6 Å². The predicted octanol–water partition coefficient (Wildman–Crippen LogP) is 6.34. The van der Waals surface area contributed by atoms with Crippen molar-refractivity contribution in [1.82, 2.24) is 19.9 Å². The molecule has 45 heavy (non-hydrogen) atoms. The molecule has 0 amide bonds. The van der Waals surface area contributed by atoms with Crippen LogP contribution < -0.4 is 20.1 Å². The number of hydrogen-bond donors (Lipinski definition) is 1. The lowest BCUT2D eigenvalue weighted by Gasteiger charge is -2.47. The molecule has 2 aromatic heterocycles. The maximum Gasteiger partial charge on any atom is 0.418 e. The number of fused-ring (bicyclic) bond motifs is 6. The topological polar surface area (TPSA) is 89.6 Å². The van der Waals surface area contributed by atoms with E-state index in [1.165, 1.54) is 6.92 Å². The fourth-order valence-electron chi connectivity index (χ4n) is 8.67. The molecule has 14 heteroatoms. The van der Waals surface area contributed by atoms with Crippen molar-refractivity contribution in [2.24, 2.45) is 11.8 Å². The Morgan fingerprint density at radius 3 is 2.71 bits per heavy atom. The highest BCUT2D eigenvalue weighted by molar-refractivity contribution is 6.36. The summed E-state index contributed by atoms with van der Waals surface area (Å²) in [5.74, 6) is -0.281. The van der Waals surface area contributed by atoms with Gasteiger partial charge in [0, 0.05) is 26.1 Å². The van der Waals surface area contributed by atoms with E-state index in [2.05, 4.69) is 14.9 Å². The Hall–Kier alpha value is -3.19. The van der Waals surface area contributed by atoms with Gasteiger partial charge in [-0.2, -0.15) is 23.1 Å². The van der Waals surface area contributed by atoms with Crippen molar-refractivity contribution in [1.29, 1.82) is 0 Å². The number of pyridine rings is 1. The Kier molecular flexibility index (Phi) is 6.43. The number of halogens is 6. The van der Waals surface area contributed by atoms with Gasteiger partial charge in [0.2, 0.25) is 0 Å². The first-order valence-corrected chi connectivity index (χ1v) is 15.7. The number of ether oxygens (including phenoxy) is 2. The van der Waals surface area contributed by atoms with E-state index in [4.69, 9.17) is 31.8 Å². The quantitative estimate of drug-likeness (QED) is 0.327. The molecule has 1 saturated carbocycles. The second-order valence-corrected chi connectivity index (χ2v) is 13.8. The third-order valence-corrected chi connectivity index (χ3v) is 11.0. The molecule has 6 atom stereocenters. The van der Waals surface area contributed by atoms with E-state index in [0.29, 0.717) is 31.2 Å². The highest BCUT2D eigenvalue weighted by Crippen LogP contribution is 2.54. The number of nitrogen functional groups attached to an aromatic ring is 1. The molecule has 2 bridgehead atoms. The monoisotopic (exact) mass is 650 g/mol. The van der Waals surface area contributed by atoms with Crippen LogP contribution in [-0.2, 0) is 6.18 Å². The zero-order valence-corrected chi connectivity index (χ0v) is 25.5. The molecule has 1 aromatic carbocycles. The first-order chi connectivity index (χ1) is 21.3. The highest BCUT2D eigenvalue weighted by Gasteiger charge is 2.53. The molecular formula is C31H32ClF5N6O2. The predicted molar refractivity (Wildman–Crippen MR) is 158 cm³/mol. The van der Waals surface area contributed by atoms with Crippen LogP contribution in [0.5, 0.6) is 11.8 Å². The number of aromatic nitrogens is 3. The summed E-state index contributed by atoms with van der Waals surface area (Å²) >= 11 is 6.86. The van der Waals surface area contributed by atoms with E-state index in [9.17, 15) is 17.6 Å². The Labute approximate surface area is 261 Å². The number of anilines is 2. The molecule has 8 rings (SSSR count). The van der Waals surface area contributed by atoms with Gasteiger partial charge in [-0.3, -0.25) is 4.90 Å². The second-order valence-electron chi connectivity index (χ2n) is 13.4. The maximum atomic E-state index is 16.9. The van der Waals surface area contributed by atoms with Crippen LogP contribution in [0.15, 0.2) is 6.07 Å². The molecule has 240 valence electrons. The summed E-state index contributed by atoms with van der Waals surface area (Å²) in [6.07, 6.45) is -2.19. The first kappa shape index (κ1) is 29.2. The van der Waals surface area contributed by atoms with Crippen molar-refractivity contribution >= 4 is 34.1 Å². The second kappa shape index (κ2) is 9.90. The van der Waals surface area contributed by atoms with E-state index in [1.54, 1.807) is 0 Å². The lowest BCUT2D eigenvalue weighted by atomic mass is 9.86. The SMILES string of the molecule is Cc1cc(N)nc(-c2c(Cl)c3c4c(nc(OCC56CCN5C[C@H](F)C6)nc4c2F)N2C[C@H]4CC[C@H](C4)[C@H]2[C@H](C)O3)c1C(F)(F)F. The number of alkyl halides is 4. The molecule has 8 nitrogen and oxygen atoms in total. The van der Waals surface area contributed by atoms with Crippen molar-refractivity contribution in [3.8, 4) is 23.0 Å². The molecule has 3 aromatic rings. The zero-order valence-electron chi connectivity index (χ0n) is 24.7. The number of aryl methyl sites for hydroxylation is 1. The summed E-state index contributed by atoms with van der Waals surface area (Å²) in [5, 5.41) is -0.186. The minimum Gasteiger partial charge on any atom is -0.486 e. The minimum absolute atomic E-state index is 0.00258. The van der Waals surface area contributed by atoms with Gasteiger partial charge in [-0.15, -0.1) is 0 Å². The minimum atomic E-state index is -4.89. The normalized spacial score (nSPS) is 30.5. The van der Waals surface area contributed by atoms with Crippen LogP contribution in [0.2, 0.25) is 5.02 Å². The zero-order chi connectivity index (χ0) is 31.6. The molecule has 2 N–H and O–H groups in total. The van der Waals surface area contributed by atoms with Gasteiger partial charge in [0.15, 0.2) is 11.6 Å². The molecule has 5 aliphatic rings. The first-order valence-electron chi connectivity index (χ1n) is 15.4. The van der Waals surface area contributed by atoms with Crippen molar-refractivity contribution in [3.63, 3.8) is 0 Å². The van der Waals surface area contributed by atoms with Crippen LogP contribution in [0.1, 0.15) is 50.2 Å². The summed E-state index contributed by atoms with van der Waals surface area (Å²) in [5.41, 5.74) is 2.38. The number of nitrogens with two attached hydrogens (primary N) is 1. The lowest BCUT2D eigenvalue weighted by molar-refractivity contribution is -0.137. The van der Waals surface area contributed by atoms with E-state index in [0.717, 1.165) is 38.3 Å². The van der Waals surface area contributed by atoms with Crippen molar-refractivity contribution in [2.45, 2.75) is 76.0 Å². The average Bonchev–Trinajstić information content (AvgIpc) is 3.39. The summed E-state index contributed by atoms with van der Waals surface area (Å²) in [4.78, 5) is 17.3.